The van der Waals surface area contributed by atoms with Gasteiger partial charge in [-0.1, -0.05) is 6.07 Å². The zero-order valence-corrected chi connectivity index (χ0v) is 9.58. The minimum absolute atomic E-state index is 0.137. The topological polar surface area (TPSA) is 47.6 Å². The molecule has 0 radical (unpaired) electrons. The summed E-state index contributed by atoms with van der Waals surface area (Å²) in [7, 11) is 1.33. The lowest BCUT2D eigenvalue weighted by Crippen LogP contribution is -2.27. The Morgan fingerprint density at radius 2 is 2.17 bits per heavy atom. The third kappa shape index (κ3) is 4.25. The zero-order valence-electron chi connectivity index (χ0n) is 9.58. The minimum Gasteiger partial charge on any atom is -0.434 e. The van der Waals surface area contributed by atoms with E-state index >= 15 is 0 Å². The van der Waals surface area contributed by atoms with E-state index in [9.17, 15) is 18.0 Å². The van der Waals surface area contributed by atoms with E-state index in [4.69, 9.17) is 0 Å². The molecule has 0 spiro atoms. The highest BCUT2D eigenvalue weighted by atomic mass is 19.3. The molecule has 1 amide bonds. The van der Waals surface area contributed by atoms with Crippen LogP contribution in [-0.2, 0) is 16.1 Å². The zero-order chi connectivity index (χ0) is 13.5. The van der Waals surface area contributed by atoms with Gasteiger partial charge in [-0.15, -0.1) is 0 Å². The number of methoxy groups -OCH3 is 1. The first kappa shape index (κ1) is 14.3. The van der Waals surface area contributed by atoms with Gasteiger partial charge < -0.3 is 14.8 Å². The van der Waals surface area contributed by atoms with Crippen molar-refractivity contribution in [3.05, 3.63) is 29.6 Å². The number of halogens is 3. The van der Waals surface area contributed by atoms with E-state index < -0.39 is 18.3 Å². The highest BCUT2D eigenvalue weighted by molar-refractivity contribution is 5.77. The summed E-state index contributed by atoms with van der Waals surface area (Å²) in [6.07, 6.45) is 0. The molecule has 0 bridgehead atoms. The molecule has 0 aromatic heterocycles. The lowest BCUT2D eigenvalue weighted by molar-refractivity contribution is -0.124. The Morgan fingerprint density at radius 1 is 1.44 bits per heavy atom. The number of hydrogen-bond acceptors (Lipinski definition) is 3. The van der Waals surface area contributed by atoms with E-state index in [1.54, 1.807) is 0 Å². The number of carbonyl (C=O) groups is 1. The van der Waals surface area contributed by atoms with Gasteiger partial charge in [0.2, 0.25) is 5.91 Å². The van der Waals surface area contributed by atoms with Gasteiger partial charge in [0, 0.05) is 19.2 Å². The standard InChI is InChI=1S/C11H12F3NO3/c1-17-6-10(16)15-5-7-8(12)3-2-4-9(7)18-11(13)14/h2-4,11H,5-6H2,1H3,(H,15,16). The maximum Gasteiger partial charge on any atom is 0.387 e. The molecule has 0 saturated carbocycles. The monoisotopic (exact) mass is 263 g/mol. The van der Waals surface area contributed by atoms with E-state index in [0.717, 1.165) is 6.07 Å². The van der Waals surface area contributed by atoms with Gasteiger partial charge in [-0.05, 0) is 12.1 Å². The number of nitrogens with one attached hydrogen (secondary N) is 1. The predicted octanol–water partition coefficient (Wildman–Crippen LogP) is 1.69. The fourth-order valence-electron chi connectivity index (χ4n) is 1.29. The molecule has 0 heterocycles. The predicted molar refractivity (Wildman–Crippen MR) is 56.8 cm³/mol. The molecular formula is C11H12F3NO3. The number of benzene rings is 1. The molecular weight excluding hydrogens is 251 g/mol. The summed E-state index contributed by atoms with van der Waals surface area (Å²) >= 11 is 0. The van der Waals surface area contributed by atoms with Crippen LogP contribution in [0.25, 0.3) is 0 Å². The van der Waals surface area contributed by atoms with Gasteiger partial charge in [0.25, 0.3) is 0 Å². The number of hydrogen-bond donors (Lipinski definition) is 1. The molecule has 1 aromatic rings. The van der Waals surface area contributed by atoms with Crippen LogP contribution in [0, 0.1) is 5.82 Å². The summed E-state index contributed by atoms with van der Waals surface area (Å²) in [4.78, 5) is 11.1. The van der Waals surface area contributed by atoms with Crippen LogP contribution in [0.3, 0.4) is 0 Å². The van der Waals surface area contributed by atoms with Crippen molar-refractivity contribution >= 4 is 5.91 Å². The van der Waals surface area contributed by atoms with Crippen LogP contribution in [0.2, 0.25) is 0 Å². The smallest absolute Gasteiger partial charge is 0.387 e. The van der Waals surface area contributed by atoms with E-state index in [1.165, 1.54) is 19.2 Å². The van der Waals surface area contributed by atoms with Gasteiger partial charge in [-0.25, -0.2) is 4.39 Å². The number of amides is 1. The second kappa shape index (κ2) is 6.85. The fraction of sp³-hybridized carbons (Fsp3) is 0.364. The van der Waals surface area contributed by atoms with Crippen molar-refractivity contribution in [1.29, 1.82) is 0 Å². The number of rotatable bonds is 6. The van der Waals surface area contributed by atoms with Crippen LogP contribution in [0.15, 0.2) is 18.2 Å². The second-order valence-electron chi connectivity index (χ2n) is 3.30. The summed E-state index contributed by atoms with van der Waals surface area (Å²) < 4.78 is 46.4. The Balaban J connectivity index is 2.76. The molecule has 0 atom stereocenters. The van der Waals surface area contributed by atoms with Gasteiger partial charge in [0.15, 0.2) is 0 Å². The molecule has 0 aliphatic carbocycles. The minimum atomic E-state index is -3.06. The van der Waals surface area contributed by atoms with Gasteiger partial charge >= 0.3 is 6.61 Å². The summed E-state index contributed by atoms with van der Waals surface area (Å²) in [5.74, 6) is -1.52. The maximum atomic E-state index is 13.4. The van der Waals surface area contributed by atoms with E-state index in [-0.39, 0.29) is 24.5 Å². The van der Waals surface area contributed by atoms with Gasteiger partial charge in [-0.2, -0.15) is 8.78 Å². The molecule has 7 heteroatoms. The van der Waals surface area contributed by atoms with E-state index in [1.807, 2.05) is 0 Å². The van der Waals surface area contributed by atoms with Crippen LogP contribution in [0.5, 0.6) is 5.75 Å². The first-order valence-electron chi connectivity index (χ1n) is 5.02. The Labute approximate surface area is 102 Å². The molecule has 0 aliphatic rings. The molecule has 0 fully saturated rings. The SMILES string of the molecule is COCC(=O)NCc1c(F)cccc1OC(F)F. The van der Waals surface area contributed by atoms with Gasteiger partial charge in [0.1, 0.15) is 18.2 Å². The molecule has 100 valence electrons. The van der Waals surface area contributed by atoms with Crippen LogP contribution in [0.1, 0.15) is 5.56 Å². The fourth-order valence-corrected chi connectivity index (χ4v) is 1.29. The largest absolute Gasteiger partial charge is 0.434 e. The second-order valence-corrected chi connectivity index (χ2v) is 3.30. The summed E-state index contributed by atoms with van der Waals surface area (Å²) in [5, 5.41) is 2.33. The van der Waals surface area contributed by atoms with Crippen LogP contribution < -0.4 is 10.1 Å². The van der Waals surface area contributed by atoms with Crippen LogP contribution in [-0.4, -0.2) is 26.2 Å². The molecule has 1 N–H and O–H groups in total. The summed E-state index contributed by atoms with van der Waals surface area (Å²) in [5.41, 5.74) is -0.137. The van der Waals surface area contributed by atoms with Crippen molar-refractivity contribution in [2.75, 3.05) is 13.7 Å². The molecule has 1 rings (SSSR count). The Bertz CT molecular complexity index is 413. The molecule has 0 saturated heterocycles. The molecule has 0 unspecified atom stereocenters. The number of ether oxygens (including phenoxy) is 2. The highest BCUT2D eigenvalue weighted by Gasteiger charge is 2.14. The first-order chi connectivity index (χ1) is 8.54. The third-order valence-electron chi connectivity index (χ3n) is 2.03. The van der Waals surface area contributed by atoms with Crippen molar-refractivity contribution in [3.8, 4) is 5.75 Å². The van der Waals surface area contributed by atoms with Crippen LogP contribution in [0.4, 0.5) is 13.2 Å². The molecule has 1 aromatic carbocycles. The summed E-state index contributed by atoms with van der Waals surface area (Å²) in [6, 6.07) is 3.54. The van der Waals surface area contributed by atoms with Gasteiger partial charge in [-0.3, -0.25) is 4.79 Å². The van der Waals surface area contributed by atoms with E-state index in [2.05, 4.69) is 14.8 Å². The van der Waals surface area contributed by atoms with Crippen molar-refractivity contribution in [2.45, 2.75) is 13.2 Å². The normalized spacial score (nSPS) is 10.5. The van der Waals surface area contributed by atoms with Crippen molar-refractivity contribution in [2.24, 2.45) is 0 Å². The lowest BCUT2D eigenvalue weighted by atomic mass is 10.2. The maximum absolute atomic E-state index is 13.4. The van der Waals surface area contributed by atoms with E-state index in [0.29, 0.717) is 0 Å². The average molecular weight is 263 g/mol. The molecule has 4 nitrogen and oxygen atoms in total. The number of alkyl halides is 2. The first-order valence-corrected chi connectivity index (χ1v) is 5.02. The van der Waals surface area contributed by atoms with Crippen molar-refractivity contribution < 1.29 is 27.4 Å². The van der Waals surface area contributed by atoms with Crippen LogP contribution >= 0.6 is 0 Å². The summed E-state index contributed by atoms with van der Waals surface area (Å²) in [6.45, 7) is -3.50. The lowest BCUT2D eigenvalue weighted by Gasteiger charge is -2.12. The van der Waals surface area contributed by atoms with Gasteiger partial charge in [0.05, 0.1) is 0 Å². The molecule has 18 heavy (non-hydrogen) atoms. The number of carbonyl (C=O) groups excluding carboxylic acids is 1. The Morgan fingerprint density at radius 3 is 2.78 bits per heavy atom. The average Bonchev–Trinajstić information content (AvgIpc) is 2.28. The third-order valence-corrected chi connectivity index (χ3v) is 2.03. The Kier molecular flexibility index (Phi) is 5.44. The van der Waals surface area contributed by atoms with Crippen molar-refractivity contribution in [3.63, 3.8) is 0 Å². The molecule has 0 aliphatic heterocycles. The quantitative estimate of drug-likeness (QED) is 0.849. The highest BCUT2D eigenvalue weighted by Crippen LogP contribution is 2.23. The Hall–Kier alpha value is -1.76. The van der Waals surface area contributed by atoms with Crippen molar-refractivity contribution in [1.82, 2.24) is 5.32 Å².